The number of methoxy groups -OCH3 is 2. The zero-order valence-electron chi connectivity index (χ0n) is 18.1. The van der Waals surface area contributed by atoms with Crippen LogP contribution in [0.25, 0.3) is 0 Å². The molecule has 0 saturated heterocycles. The van der Waals surface area contributed by atoms with Crippen molar-refractivity contribution >= 4 is 0 Å². The van der Waals surface area contributed by atoms with E-state index in [1.54, 1.807) is 26.6 Å². The molecule has 1 aliphatic carbocycles. The summed E-state index contributed by atoms with van der Waals surface area (Å²) in [7, 11) is 3.27. The van der Waals surface area contributed by atoms with Crippen LogP contribution in [-0.4, -0.2) is 30.4 Å². The number of rotatable bonds is 8. The smallest absolute Gasteiger partial charge is 0.161 e. The topological polar surface area (TPSA) is 60.8 Å². The Kier molecular flexibility index (Phi) is 6.42. The van der Waals surface area contributed by atoms with Gasteiger partial charge >= 0.3 is 0 Å². The van der Waals surface area contributed by atoms with Gasteiger partial charge in [0.1, 0.15) is 11.4 Å². The van der Waals surface area contributed by atoms with Gasteiger partial charge in [-0.1, -0.05) is 18.2 Å². The van der Waals surface area contributed by atoms with Gasteiger partial charge in [-0.05, 0) is 78.8 Å². The standard InChI is InChI=1S/C26H29NO4/c1-29-23-9-5-6-20(16-23)26(28,18-19-12-14-27-15-13-19)21-10-11-24(30-2)25(17-21)31-22-7-3-4-8-22/h5-6,9-17,22,28H,3-4,7-8,18H2,1-2H3. The first kappa shape index (κ1) is 21.2. The molecule has 3 aromatic rings. The first-order valence-electron chi connectivity index (χ1n) is 10.7. The van der Waals surface area contributed by atoms with E-state index in [1.165, 1.54) is 12.8 Å². The Morgan fingerprint density at radius 1 is 0.903 bits per heavy atom. The van der Waals surface area contributed by atoms with E-state index in [0.29, 0.717) is 23.7 Å². The van der Waals surface area contributed by atoms with Gasteiger partial charge in [-0.3, -0.25) is 4.98 Å². The second kappa shape index (κ2) is 9.40. The molecule has 1 saturated carbocycles. The fourth-order valence-corrected chi connectivity index (χ4v) is 4.26. The van der Waals surface area contributed by atoms with Crippen molar-refractivity contribution in [2.45, 2.75) is 43.8 Å². The molecule has 5 nitrogen and oxygen atoms in total. The van der Waals surface area contributed by atoms with Crippen molar-refractivity contribution in [1.82, 2.24) is 4.98 Å². The van der Waals surface area contributed by atoms with Crippen LogP contribution in [0.4, 0.5) is 0 Å². The van der Waals surface area contributed by atoms with Crippen molar-refractivity contribution in [2.24, 2.45) is 0 Å². The molecule has 1 unspecified atom stereocenters. The van der Waals surface area contributed by atoms with E-state index in [2.05, 4.69) is 4.98 Å². The summed E-state index contributed by atoms with van der Waals surface area (Å²) in [5.74, 6) is 2.04. The van der Waals surface area contributed by atoms with Crippen LogP contribution in [0.5, 0.6) is 17.2 Å². The Morgan fingerprint density at radius 3 is 2.35 bits per heavy atom. The van der Waals surface area contributed by atoms with E-state index in [-0.39, 0.29) is 6.10 Å². The third kappa shape index (κ3) is 4.67. The third-order valence-electron chi connectivity index (χ3n) is 5.99. The maximum absolute atomic E-state index is 12.1. The molecule has 0 radical (unpaired) electrons. The van der Waals surface area contributed by atoms with Crippen molar-refractivity contribution < 1.29 is 19.3 Å². The summed E-state index contributed by atoms with van der Waals surface area (Å²) in [6.45, 7) is 0. The number of benzene rings is 2. The van der Waals surface area contributed by atoms with Crippen molar-refractivity contribution in [3.63, 3.8) is 0 Å². The van der Waals surface area contributed by atoms with Gasteiger partial charge in [0.2, 0.25) is 0 Å². The van der Waals surface area contributed by atoms with Crippen LogP contribution in [0.1, 0.15) is 42.4 Å². The summed E-state index contributed by atoms with van der Waals surface area (Å²) >= 11 is 0. The molecule has 0 amide bonds. The van der Waals surface area contributed by atoms with Gasteiger partial charge in [0, 0.05) is 18.8 Å². The van der Waals surface area contributed by atoms with Gasteiger partial charge < -0.3 is 19.3 Å². The Morgan fingerprint density at radius 2 is 1.65 bits per heavy atom. The summed E-state index contributed by atoms with van der Waals surface area (Å²) < 4.78 is 17.3. The van der Waals surface area contributed by atoms with Gasteiger partial charge in [-0.25, -0.2) is 0 Å². The lowest BCUT2D eigenvalue weighted by atomic mass is 9.81. The second-order valence-electron chi connectivity index (χ2n) is 8.01. The number of hydrogen-bond acceptors (Lipinski definition) is 5. The zero-order valence-corrected chi connectivity index (χ0v) is 18.1. The summed E-state index contributed by atoms with van der Waals surface area (Å²) in [5, 5.41) is 12.1. The first-order chi connectivity index (χ1) is 15.1. The van der Waals surface area contributed by atoms with E-state index >= 15 is 0 Å². The predicted octanol–water partition coefficient (Wildman–Crippen LogP) is 4.90. The average Bonchev–Trinajstić information content (AvgIpc) is 3.33. The minimum atomic E-state index is -1.28. The van der Waals surface area contributed by atoms with Crippen molar-refractivity contribution in [3.8, 4) is 17.2 Å². The molecule has 2 aromatic carbocycles. The Bertz CT molecular complexity index is 1000. The molecule has 1 heterocycles. The van der Waals surface area contributed by atoms with Crippen LogP contribution >= 0.6 is 0 Å². The largest absolute Gasteiger partial charge is 0.497 e. The van der Waals surface area contributed by atoms with Crippen LogP contribution in [0, 0.1) is 0 Å². The summed E-state index contributed by atoms with van der Waals surface area (Å²) in [6.07, 6.45) is 8.51. The normalized spacial score (nSPS) is 16.0. The van der Waals surface area contributed by atoms with Crippen LogP contribution in [0.15, 0.2) is 67.0 Å². The van der Waals surface area contributed by atoms with Gasteiger partial charge in [-0.15, -0.1) is 0 Å². The molecule has 0 aliphatic heterocycles. The maximum Gasteiger partial charge on any atom is 0.161 e. The van der Waals surface area contributed by atoms with Gasteiger partial charge in [0.25, 0.3) is 0 Å². The summed E-state index contributed by atoms with van der Waals surface area (Å²) in [4.78, 5) is 4.10. The highest BCUT2D eigenvalue weighted by Crippen LogP contribution is 2.40. The molecule has 5 heteroatoms. The number of hydrogen-bond donors (Lipinski definition) is 1. The molecule has 1 aromatic heterocycles. The maximum atomic E-state index is 12.1. The van der Waals surface area contributed by atoms with Crippen LogP contribution in [-0.2, 0) is 12.0 Å². The van der Waals surface area contributed by atoms with E-state index < -0.39 is 5.60 Å². The SMILES string of the molecule is COc1cccc(C(O)(Cc2ccncc2)c2ccc(OC)c(OC3CCCC3)c2)c1. The quantitative estimate of drug-likeness (QED) is 0.563. The molecule has 31 heavy (non-hydrogen) atoms. The van der Waals surface area contributed by atoms with E-state index in [4.69, 9.17) is 14.2 Å². The van der Waals surface area contributed by atoms with Gasteiger partial charge in [0.15, 0.2) is 11.5 Å². The minimum absolute atomic E-state index is 0.189. The fourth-order valence-electron chi connectivity index (χ4n) is 4.26. The Balaban J connectivity index is 1.78. The highest BCUT2D eigenvalue weighted by Gasteiger charge is 2.34. The number of pyridine rings is 1. The molecule has 1 fully saturated rings. The highest BCUT2D eigenvalue weighted by atomic mass is 16.5. The van der Waals surface area contributed by atoms with E-state index in [1.807, 2.05) is 54.6 Å². The monoisotopic (exact) mass is 419 g/mol. The van der Waals surface area contributed by atoms with Gasteiger partial charge in [-0.2, -0.15) is 0 Å². The van der Waals surface area contributed by atoms with Crippen LogP contribution in [0.2, 0.25) is 0 Å². The molecule has 4 rings (SSSR count). The number of aliphatic hydroxyl groups is 1. The van der Waals surface area contributed by atoms with Crippen molar-refractivity contribution in [2.75, 3.05) is 14.2 Å². The van der Waals surface area contributed by atoms with Crippen LogP contribution < -0.4 is 14.2 Å². The Hall–Kier alpha value is -3.05. The van der Waals surface area contributed by atoms with E-state index in [0.717, 1.165) is 29.5 Å². The number of aromatic nitrogens is 1. The fraction of sp³-hybridized carbons (Fsp3) is 0.346. The minimum Gasteiger partial charge on any atom is -0.497 e. The lowest BCUT2D eigenvalue weighted by Gasteiger charge is -2.31. The molecule has 1 aliphatic rings. The lowest BCUT2D eigenvalue weighted by molar-refractivity contribution is 0.0801. The molecule has 162 valence electrons. The van der Waals surface area contributed by atoms with E-state index in [9.17, 15) is 5.11 Å². The predicted molar refractivity (Wildman–Crippen MR) is 120 cm³/mol. The third-order valence-corrected chi connectivity index (χ3v) is 5.99. The molecule has 0 bridgehead atoms. The van der Waals surface area contributed by atoms with Crippen LogP contribution in [0.3, 0.4) is 0 Å². The molecular weight excluding hydrogens is 390 g/mol. The molecular formula is C26H29NO4. The van der Waals surface area contributed by atoms with Crippen molar-refractivity contribution in [3.05, 3.63) is 83.7 Å². The first-order valence-corrected chi connectivity index (χ1v) is 10.7. The lowest BCUT2D eigenvalue weighted by Crippen LogP contribution is -2.30. The highest BCUT2D eigenvalue weighted by molar-refractivity contribution is 5.49. The summed E-state index contributed by atoms with van der Waals surface area (Å²) in [6, 6.07) is 17.1. The average molecular weight is 420 g/mol. The van der Waals surface area contributed by atoms with Gasteiger partial charge in [0.05, 0.1) is 20.3 Å². The number of nitrogens with zero attached hydrogens (tertiary/aromatic N) is 1. The summed E-state index contributed by atoms with van der Waals surface area (Å²) in [5.41, 5.74) is 1.19. The van der Waals surface area contributed by atoms with Crippen molar-refractivity contribution in [1.29, 1.82) is 0 Å². The molecule has 1 atom stereocenters. The zero-order chi connectivity index (χ0) is 21.7. The Labute approximate surface area is 183 Å². The molecule has 0 spiro atoms. The second-order valence-corrected chi connectivity index (χ2v) is 8.01. The molecule has 1 N–H and O–H groups in total. The number of ether oxygens (including phenoxy) is 3.